The van der Waals surface area contributed by atoms with Gasteiger partial charge in [0, 0.05) is 0 Å². The first-order valence-electron chi connectivity index (χ1n) is 5.79. The van der Waals surface area contributed by atoms with Crippen LogP contribution in [0.5, 0.6) is 11.5 Å². The van der Waals surface area contributed by atoms with Gasteiger partial charge in [0.25, 0.3) is 0 Å². The average molecular weight is 318 g/mol. The zero-order chi connectivity index (χ0) is 15.6. The Morgan fingerprint density at radius 1 is 0.667 bits per heavy atom. The Labute approximate surface area is 120 Å². The van der Waals surface area contributed by atoms with Gasteiger partial charge in [0.15, 0.2) is 34.8 Å². The molecule has 0 radical (unpaired) electrons. The monoisotopic (exact) mass is 318 g/mol. The highest BCUT2D eigenvalue weighted by Crippen LogP contribution is 2.25. The zero-order valence-corrected chi connectivity index (χ0v) is 12.1. The summed E-state index contributed by atoms with van der Waals surface area (Å²) in [4.78, 5) is 0. The van der Waals surface area contributed by atoms with Crippen molar-refractivity contribution in [3.8, 4) is 11.5 Å². The van der Waals surface area contributed by atoms with Gasteiger partial charge in [0.05, 0.1) is 14.2 Å². The van der Waals surface area contributed by atoms with E-state index < -0.39 is 34.8 Å². The molecular formula is C14H11F4O2P. The van der Waals surface area contributed by atoms with E-state index in [0.717, 1.165) is 38.5 Å². The van der Waals surface area contributed by atoms with Crippen molar-refractivity contribution in [1.29, 1.82) is 0 Å². The van der Waals surface area contributed by atoms with Gasteiger partial charge in [0.2, 0.25) is 0 Å². The number of rotatable bonds is 4. The van der Waals surface area contributed by atoms with Gasteiger partial charge in [-0.05, 0) is 34.9 Å². The Morgan fingerprint density at radius 2 is 0.952 bits per heavy atom. The molecule has 112 valence electrons. The SMILES string of the molecule is COc1c(F)cc(Pc2cc(F)c(OC)c(F)c2)cc1F. The molecule has 0 saturated carbocycles. The first-order chi connectivity index (χ1) is 9.96. The molecular weight excluding hydrogens is 307 g/mol. The Morgan fingerprint density at radius 3 is 1.19 bits per heavy atom. The number of hydrogen-bond donors (Lipinski definition) is 0. The second kappa shape index (κ2) is 6.31. The molecule has 0 aliphatic carbocycles. The predicted molar refractivity (Wildman–Crippen MR) is 73.4 cm³/mol. The van der Waals surface area contributed by atoms with Crippen LogP contribution in [0, 0.1) is 23.3 Å². The second-order valence-corrected chi connectivity index (χ2v) is 5.48. The van der Waals surface area contributed by atoms with E-state index in [1.54, 1.807) is 0 Å². The van der Waals surface area contributed by atoms with Crippen molar-refractivity contribution in [2.75, 3.05) is 14.2 Å². The molecule has 2 aromatic rings. The molecule has 0 unspecified atom stereocenters. The fourth-order valence-electron chi connectivity index (χ4n) is 1.82. The van der Waals surface area contributed by atoms with Crippen LogP contribution in [-0.4, -0.2) is 14.2 Å². The molecule has 0 spiro atoms. The summed E-state index contributed by atoms with van der Waals surface area (Å²) in [5, 5.41) is 0.518. The van der Waals surface area contributed by atoms with Crippen LogP contribution >= 0.6 is 8.58 Å². The summed E-state index contributed by atoms with van der Waals surface area (Å²) in [5.74, 6) is -4.45. The van der Waals surface area contributed by atoms with Crippen LogP contribution < -0.4 is 20.1 Å². The van der Waals surface area contributed by atoms with E-state index in [2.05, 4.69) is 9.47 Å². The summed E-state index contributed by atoms with van der Waals surface area (Å²) >= 11 is 0. The maximum Gasteiger partial charge on any atom is 0.190 e. The zero-order valence-electron chi connectivity index (χ0n) is 11.1. The van der Waals surface area contributed by atoms with Crippen LogP contribution in [0.4, 0.5) is 17.6 Å². The van der Waals surface area contributed by atoms with Crippen molar-refractivity contribution in [3.63, 3.8) is 0 Å². The van der Waals surface area contributed by atoms with Gasteiger partial charge >= 0.3 is 0 Å². The molecule has 0 aromatic heterocycles. The van der Waals surface area contributed by atoms with Gasteiger partial charge in [-0.3, -0.25) is 0 Å². The maximum atomic E-state index is 13.6. The van der Waals surface area contributed by atoms with Gasteiger partial charge in [-0.2, -0.15) is 0 Å². The fraction of sp³-hybridized carbons (Fsp3) is 0.143. The molecule has 21 heavy (non-hydrogen) atoms. The number of halogens is 4. The van der Waals surface area contributed by atoms with E-state index in [1.165, 1.54) is 0 Å². The molecule has 0 aliphatic rings. The summed E-state index contributed by atoms with van der Waals surface area (Å²) in [6.45, 7) is 0. The first kappa shape index (κ1) is 15.6. The third-order valence-electron chi connectivity index (χ3n) is 2.69. The molecule has 2 rings (SSSR count). The quantitative estimate of drug-likeness (QED) is 0.637. The Kier molecular flexibility index (Phi) is 4.68. The topological polar surface area (TPSA) is 18.5 Å². The number of hydrogen-bond acceptors (Lipinski definition) is 2. The molecule has 0 heterocycles. The smallest absolute Gasteiger partial charge is 0.190 e. The van der Waals surface area contributed by atoms with Crippen molar-refractivity contribution in [3.05, 3.63) is 47.5 Å². The van der Waals surface area contributed by atoms with Crippen LogP contribution in [-0.2, 0) is 0 Å². The van der Waals surface area contributed by atoms with Crippen molar-refractivity contribution < 1.29 is 27.0 Å². The summed E-state index contributed by atoms with van der Waals surface area (Å²) in [6.07, 6.45) is 0. The third kappa shape index (κ3) is 3.27. The summed E-state index contributed by atoms with van der Waals surface area (Å²) in [7, 11) is 1.99. The van der Waals surface area contributed by atoms with E-state index in [0.29, 0.717) is 0 Å². The molecule has 2 aromatic carbocycles. The van der Waals surface area contributed by atoms with Crippen LogP contribution in [0.1, 0.15) is 0 Å². The summed E-state index contributed by atoms with van der Waals surface area (Å²) in [5.41, 5.74) is 0. The third-order valence-corrected chi connectivity index (χ3v) is 3.85. The van der Waals surface area contributed by atoms with E-state index in [4.69, 9.17) is 0 Å². The highest BCUT2D eigenvalue weighted by Gasteiger charge is 2.15. The minimum atomic E-state index is -0.866. The summed E-state index contributed by atoms with van der Waals surface area (Å²) in [6, 6.07) is 4.28. The molecule has 0 aliphatic heterocycles. The van der Waals surface area contributed by atoms with Gasteiger partial charge in [-0.15, -0.1) is 0 Å². The van der Waals surface area contributed by atoms with E-state index in [-0.39, 0.29) is 19.2 Å². The maximum absolute atomic E-state index is 13.6. The fourth-order valence-corrected chi connectivity index (χ4v) is 2.95. The minimum absolute atomic E-state index is 0.259. The molecule has 0 N–H and O–H groups in total. The molecule has 0 atom stereocenters. The molecule has 0 saturated heterocycles. The lowest BCUT2D eigenvalue weighted by Gasteiger charge is -2.09. The molecule has 7 heteroatoms. The normalized spacial score (nSPS) is 10.6. The lowest BCUT2D eigenvalue weighted by atomic mass is 10.3. The Hall–Kier alpha value is -1.81. The molecule has 0 fully saturated rings. The molecule has 2 nitrogen and oxygen atoms in total. The number of methoxy groups -OCH3 is 2. The highest BCUT2D eigenvalue weighted by atomic mass is 31.1. The van der Waals surface area contributed by atoms with Crippen LogP contribution in [0.2, 0.25) is 0 Å². The van der Waals surface area contributed by atoms with Crippen LogP contribution in [0.25, 0.3) is 0 Å². The standard InChI is InChI=1S/C14H11F4O2P/c1-19-13-9(15)3-7(4-10(13)16)21-8-5-11(17)14(20-2)12(18)6-8/h3-6,21H,1-2H3. The largest absolute Gasteiger partial charge is 0.491 e. The number of ether oxygens (including phenoxy) is 2. The van der Waals surface area contributed by atoms with Gasteiger partial charge < -0.3 is 9.47 Å². The Balaban J connectivity index is 2.35. The van der Waals surface area contributed by atoms with Crippen molar-refractivity contribution in [2.24, 2.45) is 0 Å². The van der Waals surface area contributed by atoms with Crippen molar-refractivity contribution in [1.82, 2.24) is 0 Å². The Bertz CT molecular complexity index is 573. The highest BCUT2D eigenvalue weighted by molar-refractivity contribution is 7.55. The van der Waals surface area contributed by atoms with E-state index in [1.807, 2.05) is 0 Å². The molecule has 0 amide bonds. The van der Waals surface area contributed by atoms with Gasteiger partial charge in [-0.1, -0.05) is 8.58 Å². The van der Waals surface area contributed by atoms with Crippen LogP contribution in [0.15, 0.2) is 24.3 Å². The van der Waals surface area contributed by atoms with Crippen molar-refractivity contribution in [2.45, 2.75) is 0 Å². The van der Waals surface area contributed by atoms with Gasteiger partial charge in [0.1, 0.15) is 0 Å². The first-order valence-corrected chi connectivity index (χ1v) is 6.79. The van der Waals surface area contributed by atoms with Crippen LogP contribution in [0.3, 0.4) is 0 Å². The second-order valence-electron chi connectivity index (χ2n) is 4.07. The van der Waals surface area contributed by atoms with Crippen molar-refractivity contribution >= 4 is 19.2 Å². The lowest BCUT2D eigenvalue weighted by Crippen LogP contribution is -2.09. The summed E-state index contributed by atoms with van der Waals surface area (Å²) < 4.78 is 63.4. The average Bonchev–Trinajstić information content (AvgIpc) is 2.38. The predicted octanol–water partition coefficient (Wildman–Crippen LogP) is 2.89. The molecule has 0 bridgehead atoms. The van der Waals surface area contributed by atoms with E-state index >= 15 is 0 Å². The lowest BCUT2D eigenvalue weighted by molar-refractivity contribution is 0.360. The van der Waals surface area contributed by atoms with E-state index in [9.17, 15) is 17.6 Å². The van der Waals surface area contributed by atoms with Gasteiger partial charge in [-0.25, -0.2) is 17.6 Å². The minimum Gasteiger partial charge on any atom is -0.491 e. The number of benzene rings is 2.